The number of hydrogen-bond acceptors (Lipinski definition) is 7. The zero-order valence-electron chi connectivity index (χ0n) is 22.1. The third kappa shape index (κ3) is 6.71. The quantitative estimate of drug-likeness (QED) is 0.378. The van der Waals surface area contributed by atoms with Crippen molar-refractivity contribution in [3.05, 3.63) is 59.3 Å². The molecule has 2 N–H and O–H groups in total. The second-order valence-corrected chi connectivity index (χ2v) is 12.3. The smallest absolute Gasteiger partial charge is 0.484 e. The molecular formula is C26H22F6N4O6S. The maximum Gasteiger partial charge on any atom is 0.573 e. The first-order chi connectivity index (χ1) is 19.9. The van der Waals surface area contributed by atoms with Gasteiger partial charge in [-0.3, -0.25) is 14.3 Å². The van der Waals surface area contributed by atoms with E-state index in [0.717, 1.165) is 18.4 Å². The predicted molar refractivity (Wildman–Crippen MR) is 138 cm³/mol. The van der Waals surface area contributed by atoms with Gasteiger partial charge in [-0.05, 0) is 60.4 Å². The van der Waals surface area contributed by atoms with Gasteiger partial charge in [-0.15, -0.1) is 13.2 Å². The molecule has 1 aromatic heterocycles. The number of benzene rings is 2. The lowest BCUT2D eigenvalue weighted by atomic mass is 9.89. The van der Waals surface area contributed by atoms with Gasteiger partial charge in [0.1, 0.15) is 28.6 Å². The molecule has 0 radical (unpaired) electrons. The SMILES string of the molecule is CS(=O)(=O)CC(=O)Nc1c(-c2ccc(OC(F)(F)F)cc2)nn2c1C(=O)N[C@]1(CCc3cc(OCC(F)(F)F)ccc31)C2. The Morgan fingerprint density at radius 3 is 2.40 bits per heavy atom. The van der Waals surface area contributed by atoms with Crippen LogP contribution in [0.2, 0.25) is 0 Å². The van der Waals surface area contributed by atoms with E-state index in [-0.39, 0.29) is 34.9 Å². The number of amides is 2. The van der Waals surface area contributed by atoms with E-state index >= 15 is 0 Å². The molecular weight excluding hydrogens is 610 g/mol. The van der Waals surface area contributed by atoms with Crippen molar-refractivity contribution < 1.29 is 53.8 Å². The number of halogens is 6. The summed E-state index contributed by atoms with van der Waals surface area (Å²) < 4.78 is 109. The zero-order valence-corrected chi connectivity index (χ0v) is 22.9. The summed E-state index contributed by atoms with van der Waals surface area (Å²) in [7, 11) is -3.76. The van der Waals surface area contributed by atoms with Gasteiger partial charge in [-0.2, -0.15) is 18.3 Å². The summed E-state index contributed by atoms with van der Waals surface area (Å²) in [5.41, 5.74) is 0.139. The van der Waals surface area contributed by atoms with Crippen molar-refractivity contribution in [2.75, 3.05) is 23.9 Å². The van der Waals surface area contributed by atoms with Gasteiger partial charge in [-0.25, -0.2) is 8.42 Å². The fourth-order valence-corrected chi connectivity index (χ4v) is 5.75. The number of nitrogens with one attached hydrogen (secondary N) is 2. The van der Waals surface area contributed by atoms with Crippen LogP contribution < -0.4 is 20.1 Å². The standard InChI is InChI=1S/C26H22F6N4O6S/c1-43(39,40)11-19(37)33-21-20(14-2-4-16(5-3-14)42-26(30,31)32)35-36-12-24(34-23(38)22(21)36)9-8-15-10-17(6-7-18(15)24)41-13-25(27,28)29/h2-7,10H,8-9,11-13H2,1H3,(H,33,37)(H,34,38)/t24-/m1/s1. The fraction of sp³-hybridized carbons (Fsp3) is 0.346. The molecule has 2 aliphatic rings. The number of carbonyl (C=O) groups excluding carboxylic acids is 2. The van der Waals surface area contributed by atoms with Crippen LogP contribution in [0.5, 0.6) is 11.5 Å². The lowest BCUT2D eigenvalue weighted by Crippen LogP contribution is -2.52. The lowest BCUT2D eigenvalue weighted by Gasteiger charge is -2.36. The molecule has 0 bridgehead atoms. The molecule has 1 aliphatic heterocycles. The Bertz CT molecular complexity index is 1700. The largest absolute Gasteiger partial charge is 0.573 e. The highest BCUT2D eigenvalue weighted by atomic mass is 32.2. The molecule has 2 amide bonds. The van der Waals surface area contributed by atoms with Gasteiger partial charge < -0.3 is 20.1 Å². The molecule has 2 aromatic carbocycles. The number of nitrogens with zero attached hydrogens (tertiary/aromatic N) is 2. The lowest BCUT2D eigenvalue weighted by molar-refractivity contribution is -0.274. The van der Waals surface area contributed by atoms with E-state index in [2.05, 4.69) is 20.5 Å². The van der Waals surface area contributed by atoms with Crippen molar-refractivity contribution >= 4 is 27.3 Å². The fourth-order valence-electron chi connectivity index (χ4n) is 5.20. The van der Waals surface area contributed by atoms with Crippen molar-refractivity contribution in [3.63, 3.8) is 0 Å². The van der Waals surface area contributed by atoms with E-state index in [4.69, 9.17) is 4.74 Å². The Morgan fingerprint density at radius 1 is 1.09 bits per heavy atom. The number of sulfone groups is 1. The number of anilines is 1. The second kappa shape index (κ2) is 10.5. The third-order valence-corrected chi connectivity index (χ3v) is 7.56. The number of alkyl halides is 6. The molecule has 1 aliphatic carbocycles. The highest BCUT2D eigenvalue weighted by Crippen LogP contribution is 2.44. The van der Waals surface area contributed by atoms with E-state index in [1.54, 1.807) is 6.07 Å². The van der Waals surface area contributed by atoms with E-state index in [9.17, 15) is 44.3 Å². The summed E-state index contributed by atoms with van der Waals surface area (Å²) in [6, 6.07) is 8.85. The minimum Gasteiger partial charge on any atom is -0.484 e. The first kappa shape index (κ1) is 30.2. The minimum atomic E-state index is -4.94. The molecule has 0 fully saturated rings. The van der Waals surface area contributed by atoms with Crippen LogP contribution in [0, 0.1) is 0 Å². The predicted octanol–water partition coefficient (Wildman–Crippen LogP) is 3.96. The van der Waals surface area contributed by atoms with Crippen LogP contribution in [-0.4, -0.2) is 61.2 Å². The molecule has 2 heterocycles. The van der Waals surface area contributed by atoms with Crippen LogP contribution >= 0.6 is 0 Å². The van der Waals surface area contributed by atoms with Crippen molar-refractivity contribution in [2.24, 2.45) is 0 Å². The molecule has 0 saturated heterocycles. The average Bonchev–Trinajstić information content (AvgIpc) is 3.39. The monoisotopic (exact) mass is 632 g/mol. The van der Waals surface area contributed by atoms with E-state index in [0.29, 0.717) is 24.0 Å². The van der Waals surface area contributed by atoms with Crippen LogP contribution in [-0.2, 0) is 33.1 Å². The number of fused-ring (bicyclic) bond motifs is 3. The Morgan fingerprint density at radius 2 is 1.77 bits per heavy atom. The van der Waals surface area contributed by atoms with Crippen LogP contribution in [0.3, 0.4) is 0 Å². The van der Waals surface area contributed by atoms with Crippen molar-refractivity contribution in [1.82, 2.24) is 15.1 Å². The molecule has 5 rings (SSSR count). The maximum atomic E-state index is 13.5. The highest BCUT2D eigenvalue weighted by molar-refractivity contribution is 7.91. The molecule has 0 saturated carbocycles. The number of carbonyl (C=O) groups is 2. The van der Waals surface area contributed by atoms with Gasteiger partial charge in [0.25, 0.3) is 5.91 Å². The van der Waals surface area contributed by atoms with E-state index in [1.165, 1.54) is 28.9 Å². The van der Waals surface area contributed by atoms with Crippen LogP contribution in [0.4, 0.5) is 32.0 Å². The van der Waals surface area contributed by atoms with Crippen molar-refractivity contribution in [1.29, 1.82) is 0 Å². The molecule has 1 spiro atoms. The molecule has 10 nitrogen and oxygen atoms in total. The van der Waals surface area contributed by atoms with Gasteiger partial charge in [0, 0.05) is 11.8 Å². The number of hydrogen-bond donors (Lipinski definition) is 2. The topological polar surface area (TPSA) is 129 Å². The van der Waals surface area contributed by atoms with Crippen molar-refractivity contribution in [3.8, 4) is 22.8 Å². The molecule has 230 valence electrons. The molecule has 3 aromatic rings. The van der Waals surface area contributed by atoms with Gasteiger partial charge in [0.15, 0.2) is 22.1 Å². The number of aromatic nitrogens is 2. The summed E-state index contributed by atoms with van der Waals surface area (Å²) in [6.45, 7) is -1.45. The van der Waals surface area contributed by atoms with Crippen LogP contribution in [0.25, 0.3) is 11.3 Å². The first-order valence-electron chi connectivity index (χ1n) is 12.5. The van der Waals surface area contributed by atoms with Gasteiger partial charge in [-0.1, -0.05) is 6.07 Å². The zero-order chi connectivity index (χ0) is 31.4. The average molecular weight is 633 g/mol. The van der Waals surface area contributed by atoms with Crippen LogP contribution in [0.1, 0.15) is 28.0 Å². The van der Waals surface area contributed by atoms with E-state index < -0.39 is 57.8 Å². The molecule has 1 atom stereocenters. The summed E-state index contributed by atoms with van der Waals surface area (Å²) in [5.74, 6) is -3.09. The number of ether oxygens (including phenoxy) is 2. The summed E-state index contributed by atoms with van der Waals surface area (Å²) in [4.78, 5) is 26.1. The first-order valence-corrected chi connectivity index (χ1v) is 14.6. The van der Waals surface area contributed by atoms with Gasteiger partial charge in [0.05, 0.1) is 12.1 Å². The van der Waals surface area contributed by atoms with Gasteiger partial charge >= 0.3 is 12.5 Å². The number of rotatable bonds is 7. The summed E-state index contributed by atoms with van der Waals surface area (Å²) >= 11 is 0. The Hall–Kier alpha value is -4.28. The Kier molecular flexibility index (Phi) is 7.35. The Balaban J connectivity index is 1.51. The molecule has 17 heteroatoms. The van der Waals surface area contributed by atoms with E-state index in [1.807, 2.05) is 0 Å². The van der Waals surface area contributed by atoms with Crippen LogP contribution in [0.15, 0.2) is 42.5 Å². The highest BCUT2D eigenvalue weighted by Gasteiger charge is 2.46. The summed E-state index contributed by atoms with van der Waals surface area (Å²) in [6.07, 6.45) is -7.87. The third-order valence-electron chi connectivity index (χ3n) is 6.77. The summed E-state index contributed by atoms with van der Waals surface area (Å²) in [5, 5.41) is 9.78. The molecule has 0 unspecified atom stereocenters. The van der Waals surface area contributed by atoms with Gasteiger partial charge in [0.2, 0.25) is 5.91 Å². The Labute approximate surface area is 239 Å². The van der Waals surface area contributed by atoms with Crippen molar-refractivity contribution in [2.45, 2.75) is 37.5 Å². The second-order valence-electron chi connectivity index (χ2n) is 10.2. The minimum absolute atomic E-state index is 0.00569. The maximum absolute atomic E-state index is 13.5. The number of aryl methyl sites for hydroxylation is 1. The molecule has 43 heavy (non-hydrogen) atoms. The normalized spacial score (nSPS) is 18.2.